The van der Waals surface area contributed by atoms with Gasteiger partial charge in [0.15, 0.2) is 0 Å². The lowest BCUT2D eigenvalue weighted by Gasteiger charge is -2.20. The van der Waals surface area contributed by atoms with Crippen LogP contribution in [-0.4, -0.2) is 36.7 Å². The van der Waals surface area contributed by atoms with Crippen molar-refractivity contribution in [3.63, 3.8) is 0 Å². The topological polar surface area (TPSA) is 17.4 Å². The van der Waals surface area contributed by atoms with Crippen LogP contribution in [0, 0.1) is 6.92 Å². The highest BCUT2D eigenvalue weighted by Crippen LogP contribution is 2.25. The monoisotopic (exact) mass is 246 g/mol. The fourth-order valence-electron chi connectivity index (χ4n) is 2.18. The molecule has 0 N–H and O–H groups in total. The number of rotatable bonds is 4. The molecule has 0 radical (unpaired) electrons. The fraction of sp³-hybridized carbons (Fsp3) is 0.467. The Morgan fingerprint density at radius 3 is 2.67 bits per heavy atom. The molecule has 3 nitrogen and oxygen atoms in total. The second-order valence-electron chi connectivity index (χ2n) is 5.16. The van der Waals surface area contributed by atoms with Crippen LogP contribution in [0.25, 0.3) is 10.9 Å². The number of benzene rings is 1. The molecule has 0 fully saturated rings. The third-order valence-corrected chi connectivity index (χ3v) is 3.63. The number of aromatic nitrogens is 1. The van der Waals surface area contributed by atoms with Crippen molar-refractivity contribution in [1.82, 2.24) is 9.47 Å². The number of methoxy groups -OCH3 is 1. The molecule has 0 bridgehead atoms. The van der Waals surface area contributed by atoms with E-state index in [1.165, 1.54) is 16.5 Å². The van der Waals surface area contributed by atoms with E-state index in [4.69, 9.17) is 4.74 Å². The Bertz CT molecular complexity index is 543. The molecular formula is C15H22N2O. The highest BCUT2D eigenvalue weighted by Gasteiger charge is 2.10. The van der Waals surface area contributed by atoms with Crippen molar-refractivity contribution in [2.24, 2.45) is 0 Å². The summed E-state index contributed by atoms with van der Waals surface area (Å²) in [4.78, 5) is 2.24. The third-order valence-electron chi connectivity index (χ3n) is 3.63. The van der Waals surface area contributed by atoms with Crippen molar-refractivity contribution in [2.45, 2.75) is 26.4 Å². The highest BCUT2D eigenvalue weighted by molar-refractivity contribution is 5.85. The molecule has 0 unspecified atom stereocenters. The van der Waals surface area contributed by atoms with E-state index in [0.717, 1.165) is 12.3 Å². The Balaban J connectivity index is 2.41. The molecule has 3 heteroatoms. The van der Waals surface area contributed by atoms with Gasteiger partial charge in [0.2, 0.25) is 0 Å². The van der Waals surface area contributed by atoms with Crippen LogP contribution in [0.15, 0.2) is 24.4 Å². The minimum atomic E-state index is 0.516. The molecule has 0 spiro atoms. The number of aryl methyl sites for hydroxylation is 1. The molecule has 1 heterocycles. The first-order chi connectivity index (χ1) is 8.52. The van der Waals surface area contributed by atoms with E-state index >= 15 is 0 Å². The van der Waals surface area contributed by atoms with Gasteiger partial charge in [-0.05, 0) is 51.7 Å². The van der Waals surface area contributed by atoms with Crippen LogP contribution in [0.4, 0.5) is 0 Å². The zero-order chi connectivity index (χ0) is 13.3. The van der Waals surface area contributed by atoms with Gasteiger partial charge < -0.3 is 14.2 Å². The predicted octanol–water partition coefficient (Wildman–Crippen LogP) is 2.91. The maximum absolute atomic E-state index is 5.29. The molecule has 1 aromatic carbocycles. The van der Waals surface area contributed by atoms with E-state index in [0.29, 0.717) is 6.04 Å². The zero-order valence-corrected chi connectivity index (χ0v) is 11.9. The summed E-state index contributed by atoms with van der Waals surface area (Å²) in [5.74, 6) is 0.920. The summed E-state index contributed by atoms with van der Waals surface area (Å²) < 4.78 is 7.62. The molecule has 1 atom stereocenters. The number of hydrogen-bond acceptors (Lipinski definition) is 2. The van der Waals surface area contributed by atoms with Crippen molar-refractivity contribution in [2.75, 3.05) is 21.2 Å². The summed E-state index contributed by atoms with van der Waals surface area (Å²) in [6, 6.07) is 6.80. The van der Waals surface area contributed by atoms with Crippen LogP contribution in [0.3, 0.4) is 0 Å². The fourth-order valence-corrected chi connectivity index (χ4v) is 2.18. The van der Waals surface area contributed by atoms with Crippen LogP contribution in [0.1, 0.15) is 12.5 Å². The van der Waals surface area contributed by atoms with E-state index in [9.17, 15) is 0 Å². The van der Waals surface area contributed by atoms with E-state index in [1.54, 1.807) is 7.11 Å². The van der Waals surface area contributed by atoms with Crippen molar-refractivity contribution < 1.29 is 4.74 Å². The summed E-state index contributed by atoms with van der Waals surface area (Å²) in [5.41, 5.74) is 2.58. The van der Waals surface area contributed by atoms with Crippen molar-refractivity contribution in [1.29, 1.82) is 0 Å². The number of likely N-dealkylation sites (N-methyl/N-ethyl adjacent to an activating group) is 1. The molecule has 0 amide bonds. The molecule has 0 aliphatic rings. The van der Waals surface area contributed by atoms with Gasteiger partial charge in [-0.3, -0.25) is 0 Å². The first-order valence-corrected chi connectivity index (χ1v) is 6.33. The maximum atomic E-state index is 5.29. The van der Waals surface area contributed by atoms with Crippen molar-refractivity contribution in [3.8, 4) is 5.75 Å². The van der Waals surface area contributed by atoms with Crippen LogP contribution >= 0.6 is 0 Å². The molecule has 0 saturated carbocycles. The lowest BCUT2D eigenvalue weighted by molar-refractivity contribution is 0.286. The number of fused-ring (bicyclic) bond motifs is 1. The summed E-state index contributed by atoms with van der Waals surface area (Å²) in [6.45, 7) is 5.40. The molecule has 0 aliphatic heterocycles. The Morgan fingerprint density at radius 2 is 2.06 bits per heavy atom. The zero-order valence-electron chi connectivity index (χ0n) is 11.9. The Labute approximate surface area is 109 Å². The van der Waals surface area contributed by atoms with Gasteiger partial charge >= 0.3 is 0 Å². The molecule has 2 rings (SSSR count). The van der Waals surface area contributed by atoms with Gasteiger partial charge in [0.25, 0.3) is 0 Å². The first-order valence-electron chi connectivity index (χ1n) is 6.33. The Morgan fingerprint density at radius 1 is 1.33 bits per heavy atom. The number of hydrogen-bond donors (Lipinski definition) is 0. The second-order valence-corrected chi connectivity index (χ2v) is 5.16. The van der Waals surface area contributed by atoms with Crippen LogP contribution in [-0.2, 0) is 6.54 Å². The smallest absolute Gasteiger partial charge is 0.119 e. The summed E-state index contributed by atoms with van der Waals surface area (Å²) in [5, 5.41) is 1.28. The van der Waals surface area contributed by atoms with Gasteiger partial charge in [0, 0.05) is 29.7 Å². The minimum absolute atomic E-state index is 0.516. The van der Waals surface area contributed by atoms with Gasteiger partial charge in [-0.2, -0.15) is 0 Å². The van der Waals surface area contributed by atoms with Gasteiger partial charge in [0.1, 0.15) is 5.75 Å². The van der Waals surface area contributed by atoms with Crippen LogP contribution in [0.5, 0.6) is 5.75 Å². The highest BCUT2D eigenvalue weighted by atomic mass is 16.5. The number of ether oxygens (including phenoxy) is 1. The predicted molar refractivity (Wildman–Crippen MR) is 76.4 cm³/mol. The van der Waals surface area contributed by atoms with Gasteiger partial charge in [0.05, 0.1) is 7.11 Å². The molecule has 18 heavy (non-hydrogen) atoms. The van der Waals surface area contributed by atoms with Crippen molar-refractivity contribution >= 4 is 10.9 Å². The molecule has 98 valence electrons. The standard InChI is InChI=1S/C15H22N2O/c1-11-9-17(10-12(2)16(3)4)15-7-6-13(18-5)8-14(11)15/h6-9,12H,10H2,1-5H3/t12-/m1/s1. The lowest BCUT2D eigenvalue weighted by atomic mass is 10.2. The normalized spacial score (nSPS) is 13.2. The van der Waals surface area contributed by atoms with Gasteiger partial charge in [-0.15, -0.1) is 0 Å². The number of nitrogens with zero attached hydrogens (tertiary/aromatic N) is 2. The van der Waals surface area contributed by atoms with E-state index in [2.05, 4.69) is 55.7 Å². The Hall–Kier alpha value is -1.48. The summed E-state index contributed by atoms with van der Waals surface area (Å²) in [6.07, 6.45) is 2.23. The molecular weight excluding hydrogens is 224 g/mol. The molecule has 1 aromatic heterocycles. The maximum Gasteiger partial charge on any atom is 0.119 e. The van der Waals surface area contributed by atoms with E-state index < -0.39 is 0 Å². The lowest BCUT2D eigenvalue weighted by Crippen LogP contribution is -2.28. The minimum Gasteiger partial charge on any atom is -0.497 e. The van der Waals surface area contributed by atoms with Crippen LogP contribution in [0.2, 0.25) is 0 Å². The van der Waals surface area contributed by atoms with E-state index in [1.807, 2.05) is 6.07 Å². The second kappa shape index (κ2) is 5.02. The molecule has 2 aromatic rings. The Kier molecular flexibility index (Phi) is 3.62. The SMILES string of the molecule is COc1ccc2c(c1)c(C)cn2C[C@@H](C)N(C)C. The average molecular weight is 246 g/mol. The van der Waals surface area contributed by atoms with Crippen molar-refractivity contribution in [3.05, 3.63) is 30.0 Å². The van der Waals surface area contributed by atoms with E-state index in [-0.39, 0.29) is 0 Å². The molecule has 0 saturated heterocycles. The van der Waals surface area contributed by atoms with Crippen LogP contribution < -0.4 is 4.74 Å². The summed E-state index contributed by atoms with van der Waals surface area (Å²) in [7, 11) is 5.94. The van der Waals surface area contributed by atoms with Gasteiger partial charge in [-0.25, -0.2) is 0 Å². The third kappa shape index (κ3) is 2.36. The molecule has 0 aliphatic carbocycles. The first kappa shape index (κ1) is 13.0. The summed E-state index contributed by atoms with van der Waals surface area (Å²) >= 11 is 0. The quantitative estimate of drug-likeness (QED) is 0.825. The largest absolute Gasteiger partial charge is 0.497 e. The van der Waals surface area contributed by atoms with Gasteiger partial charge in [-0.1, -0.05) is 0 Å². The average Bonchev–Trinajstić information content (AvgIpc) is 2.65.